The van der Waals surface area contributed by atoms with Gasteiger partial charge < -0.3 is 15.7 Å². The number of hydrogen-bond acceptors (Lipinski definition) is 5. The van der Waals surface area contributed by atoms with E-state index in [-0.39, 0.29) is 18.6 Å². The van der Waals surface area contributed by atoms with Gasteiger partial charge in [-0.05, 0) is 25.0 Å². The number of amides is 1. The molecule has 100 valence electrons. The van der Waals surface area contributed by atoms with Gasteiger partial charge in [0.2, 0.25) is 0 Å². The van der Waals surface area contributed by atoms with Crippen molar-refractivity contribution in [2.24, 2.45) is 0 Å². The van der Waals surface area contributed by atoms with Gasteiger partial charge >= 0.3 is 0 Å². The van der Waals surface area contributed by atoms with Crippen LogP contribution in [0.25, 0.3) is 10.2 Å². The van der Waals surface area contributed by atoms with Crippen molar-refractivity contribution in [3.63, 3.8) is 0 Å². The van der Waals surface area contributed by atoms with Crippen molar-refractivity contribution in [1.29, 1.82) is 0 Å². The molecule has 1 aliphatic rings. The highest BCUT2D eigenvalue weighted by Gasteiger charge is 2.31. The van der Waals surface area contributed by atoms with Crippen LogP contribution < -0.4 is 5.73 Å². The van der Waals surface area contributed by atoms with E-state index in [9.17, 15) is 9.90 Å². The highest BCUT2D eigenvalue weighted by atomic mass is 32.1. The van der Waals surface area contributed by atoms with E-state index < -0.39 is 0 Å². The van der Waals surface area contributed by atoms with E-state index >= 15 is 0 Å². The number of nitrogen functional groups attached to an aromatic ring is 1. The summed E-state index contributed by atoms with van der Waals surface area (Å²) >= 11 is 1.37. The van der Waals surface area contributed by atoms with Crippen molar-refractivity contribution < 1.29 is 9.90 Å². The summed E-state index contributed by atoms with van der Waals surface area (Å²) in [5, 5.41) is 9.31. The highest BCUT2D eigenvalue weighted by Crippen LogP contribution is 2.34. The number of fused-ring (bicyclic) bond motifs is 1. The summed E-state index contributed by atoms with van der Waals surface area (Å²) in [6.07, 6.45) is 3.46. The predicted octanol–water partition coefficient (Wildman–Crippen LogP) is 1.48. The molecule has 1 atom stereocenters. The molecule has 3 N–H and O–H groups in total. The van der Waals surface area contributed by atoms with Crippen LogP contribution in [0.15, 0.2) is 18.3 Å². The molecule has 1 aliphatic heterocycles. The molecule has 1 unspecified atom stereocenters. The summed E-state index contributed by atoms with van der Waals surface area (Å²) in [4.78, 5) is 19.0. The normalized spacial score (nSPS) is 19.2. The van der Waals surface area contributed by atoms with Gasteiger partial charge in [-0.15, -0.1) is 11.3 Å². The van der Waals surface area contributed by atoms with Gasteiger partial charge in [-0.2, -0.15) is 0 Å². The van der Waals surface area contributed by atoms with Gasteiger partial charge in [0, 0.05) is 12.7 Å². The van der Waals surface area contributed by atoms with Crippen molar-refractivity contribution in [2.45, 2.75) is 18.9 Å². The number of carbonyl (C=O) groups is 1. The SMILES string of the molecule is Nc1c(C(=O)N2CCCC2CO)sc2cccnc12. The first-order valence-corrected chi connectivity index (χ1v) is 7.09. The van der Waals surface area contributed by atoms with Gasteiger partial charge in [0.25, 0.3) is 5.91 Å². The number of hydrogen-bond donors (Lipinski definition) is 2. The number of nitrogens with zero attached hydrogens (tertiary/aromatic N) is 2. The maximum Gasteiger partial charge on any atom is 0.266 e. The molecule has 6 heteroatoms. The Balaban J connectivity index is 2.00. The first-order chi connectivity index (χ1) is 9.22. The lowest BCUT2D eigenvalue weighted by atomic mass is 10.2. The Kier molecular flexibility index (Phi) is 3.12. The molecule has 0 radical (unpaired) electrons. The molecule has 5 nitrogen and oxygen atoms in total. The Morgan fingerprint density at radius 2 is 2.47 bits per heavy atom. The smallest absolute Gasteiger partial charge is 0.266 e. The summed E-state index contributed by atoms with van der Waals surface area (Å²) in [6, 6.07) is 3.66. The molecular formula is C13H15N3O2S. The Hall–Kier alpha value is -1.66. The van der Waals surface area contributed by atoms with E-state index in [1.54, 1.807) is 11.1 Å². The number of likely N-dealkylation sites (tertiary alicyclic amines) is 1. The molecule has 0 spiro atoms. The fraction of sp³-hybridized carbons (Fsp3) is 0.385. The molecule has 1 fully saturated rings. The standard InChI is InChI=1S/C13H15N3O2S/c14-10-11-9(4-1-5-15-11)19-12(10)13(18)16-6-2-3-8(16)7-17/h1,4-5,8,17H,2-3,6-7,14H2. The minimum absolute atomic E-state index is 0.00872. The van der Waals surface area contributed by atoms with Crippen LogP contribution in [0, 0.1) is 0 Å². The number of aromatic nitrogens is 1. The number of nitrogens with two attached hydrogens (primary N) is 1. The maximum absolute atomic E-state index is 12.5. The number of aliphatic hydroxyl groups excluding tert-OH is 1. The number of pyridine rings is 1. The molecule has 2 aromatic rings. The average Bonchev–Trinajstić information content (AvgIpc) is 3.03. The van der Waals surface area contributed by atoms with E-state index in [1.807, 2.05) is 12.1 Å². The molecular weight excluding hydrogens is 262 g/mol. The molecule has 2 aromatic heterocycles. The third kappa shape index (κ3) is 1.97. The molecule has 0 aliphatic carbocycles. The maximum atomic E-state index is 12.5. The quantitative estimate of drug-likeness (QED) is 0.871. The van der Waals surface area contributed by atoms with Gasteiger partial charge in [0.05, 0.1) is 23.0 Å². The van der Waals surface area contributed by atoms with E-state index in [1.165, 1.54) is 11.3 Å². The molecule has 19 heavy (non-hydrogen) atoms. The minimum atomic E-state index is -0.0861. The summed E-state index contributed by atoms with van der Waals surface area (Å²) in [6.45, 7) is 0.694. The van der Waals surface area contributed by atoms with Crippen molar-refractivity contribution in [2.75, 3.05) is 18.9 Å². The molecule has 0 saturated carbocycles. The van der Waals surface area contributed by atoms with Gasteiger partial charge in [-0.3, -0.25) is 9.78 Å². The molecule has 3 rings (SSSR count). The molecule has 0 aromatic carbocycles. The van der Waals surface area contributed by atoms with Crippen molar-refractivity contribution in [3.8, 4) is 0 Å². The van der Waals surface area contributed by atoms with E-state index in [0.717, 1.165) is 17.5 Å². The third-order valence-corrected chi connectivity index (χ3v) is 4.67. The van der Waals surface area contributed by atoms with Crippen LogP contribution in [0.5, 0.6) is 0 Å². The summed E-state index contributed by atoms with van der Waals surface area (Å²) in [5.41, 5.74) is 7.18. The van der Waals surface area contributed by atoms with Crippen LogP contribution in [-0.2, 0) is 0 Å². The Bertz CT molecular complexity index is 625. The van der Waals surface area contributed by atoms with Crippen molar-refractivity contribution >= 4 is 33.1 Å². The Morgan fingerprint density at radius 3 is 3.21 bits per heavy atom. The number of anilines is 1. The Labute approximate surface area is 114 Å². The third-order valence-electron chi connectivity index (χ3n) is 3.53. The van der Waals surface area contributed by atoms with E-state index in [4.69, 9.17) is 5.73 Å². The lowest BCUT2D eigenvalue weighted by Crippen LogP contribution is -2.37. The molecule has 1 saturated heterocycles. The zero-order valence-electron chi connectivity index (χ0n) is 10.4. The van der Waals surface area contributed by atoms with Gasteiger partial charge in [-0.1, -0.05) is 0 Å². The first kappa shape index (κ1) is 12.4. The van der Waals surface area contributed by atoms with E-state index in [0.29, 0.717) is 22.6 Å². The van der Waals surface area contributed by atoms with Crippen LogP contribution in [0.1, 0.15) is 22.5 Å². The zero-order chi connectivity index (χ0) is 13.4. The zero-order valence-corrected chi connectivity index (χ0v) is 11.2. The number of thiophene rings is 1. The second kappa shape index (κ2) is 4.79. The van der Waals surface area contributed by atoms with Crippen LogP contribution in [0.3, 0.4) is 0 Å². The fourth-order valence-electron chi connectivity index (χ4n) is 2.53. The second-order valence-corrected chi connectivity index (χ2v) is 5.72. The average molecular weight is 277 g/mol. The molecule has 0 bridgehead atoms. The topological polar surface area (TPSA) is 79.5 Å². The predicted molar refractivity (Wildman–Crippen MR) is 75.2 cm³/mol. The monoisotopic (exact) mass is 277 g/mol. The summed E-state index contributed by atoms with van der Waals surface area (Å²) in [7, 11) is 0. The van der Waals surface area contributed by atoms with E-state index in [2.05, 4.69) is 4.98 Å². The number of aliphatic hydroxyl groups is 1. The lowest BCUT2D eigenvalue weighted by molar-refractivity contribution is 0.0683. The number of rotatable bonds is 2. The van der Waals surface area contributed by atoms with Crippen molar-refractivity contribution in [1.82, 2.24) is 9.88 Å². The lowest BCUT2D eigenvalue weighted by Gasteiger charge is -2.22. The fourth-order valence-corrected chi connectivity index (χ4v) is 3.57. The largest absolute Gasteiger partial charge is 0.396 e. The van der Waals surface area contributed by atoms with Crippen LogP contribution >= 0.6 is 11.3 Å². The molecule has 1 amide bonds. The molecule has 3 heterocycles. The minimum Gasteiger partial charge on any atom is -0.396 e. The van der Waals surface area contributed by atoms with Gasteiger partial charge in [-0.25, -0.2) is 0 Å². The Morgan fingerprint density at radius 1 is 1.63 bits per heavy atom. The summed E-state index contributed by atoms with van der Waals surface area (Å²) < 4.78 is 0.920. The van der Waals surface area contributed by atoms with Crippen LogP contribution in [0.4, 0.5) is 5.69 Å². The van der Waals surface area contributed by atoms with Crippen LogP contribution in [0.2, 0.25) is 0 Å². The number of carbonyl (C=O) groups excluding carboxylic acids is 1. The van der Waals surface area contributed by atoms with Gasteiger partial charge in [0.1, 0.15) is 10.4 Å². The second-order valence-electron chi connectivity index (χ2n) is 4.67. The highest BCUT2D eigenvalue weighted by molar-refractivity contribution is 7.21. The first-order valence-electron chi connectivity index (χ1n) is 6.27. The summed E-state index contributed by atoms with van der Waals surface area (Å²) in [5.74, 6) is -0.0861. The van der Waals surface area contributed by atoms with Crippen LogP contribution in [-0.4, -0.2) is 40.1 Å². The van der Waals surface area contributed by atoms with Gasteiger partial charge in [0.15, 0.2) is 0 Å². The van der Waals surface area contributed by atoms with Crippen molar-refractivity contribution in [3.05, 3.63) is 23.2 Å².